The molecular formula is C16H27N3O2. The smallest absolute Gasteiger partial charge is 0.237 e. The third-order valence-corrected chi connectivity index (χ3v) is 3.65. The first-order valence-electron chi connectivity index (χ1n) is 7.29. The van der Waals surface area contributed by atoms with E-state index in [2.05, 4.69) is 24.1 Å². The van der Waals surface area contributed by atoms with Crippen LogP contribution in [-0.4, -0.2) is 48.6 Å². The molecule has 1 rings (SSSR count). The molecule has 0 heterocycles. The van der Waals surface area contributed by atoms with Crippen molar-refractivity contribution in [3.05, 3.63) is 29.8 Å². The Morgan fingerprint density at radius 1 is 1.29 bits per heavy atom. The standard InChI is InChI=1S/C16H27N3O2/c1-11(2)15(19(3)4)10-18-16(21)14(17)9-12-5-7-13(20)8-6-12/h5-8,11,14-15,20H,9-10,17H2,1-4H3,(H,18,21)/t14-,15?/m1/s1. The molecule has 2 atom stereocenters. The molecule has 0 saturated carbocycles. The van der Waals surface area contributed by atoms with Crippen molar-refractivity contribution in [3.8, 4) is 5.75 Å². The molecule has 118 valence electrons. The number of nitrogens with two attached hydrogens (primary N) is 1. The SMILES string of the molecule is CC(C)C(CNC(=O)[C@H](N)Cc1ccc(O)cc1)N(C)C. The minimum Gasteiger partial charge on any atom is -0.508 e. The largest absolute Gasteiger partial charge is 0.508 e. The van der Waals surface area contributed by atoms with Gasteiger partial charge in [0.2, 0.25) is 5.91 Å². The average molecular weight is 293 g/mol. The van der Waals surface area contributed by atoms with E-state index < -0.39 is 6.04 Å². The van der Waals surface area contributed by atoms with Gasteiger partial charge in [-0.05, 0) is 44.1 Å². The van der Waals surface area contributed by atoms with Gasteiger partial charge in [0.15, 0.2) is 0 Å². The van der Waals surface area contributed by atoms with Gasteiger partial charge in [-0.25, -0.2) is 0 Å². The van der Waals surface area contributed by atoms with Gasteiger partial charge < -0.3 is 21.1 Å². The van der Waals surface area contributed by atoms with E-state index >= 15 is 0 Å². The van der Waals surface area contributed by atoms with E-state index in [0.29, 0.717) is 18.9 Å². The number of carbonyl (C=O) groups is 1. The van der Waals surface area contributed by atoms with Crippen LogP contribution in [0.2, 0.25) is 0 Å². The van der Waals surface area contributed by atoms with Crippen molar-refractivity contribution in [1.82, 2.24) is 10.2 Å². The highest BCUT2D eigenvalue weighted by atomic mass is 16.3. The summed E-state index contributed by atoms with van der Waals surface area (Å²) < 4.78 is 0. The van der Waals surface area contributed by atoms with Gasteiger partial charge in [0.05, 0.1) is 6.04 Å². The zero-order chi connectivity index (χ0) is 16.0. The fraction of sp³-hybridized carbons (Fsp3) is 0.562. The molecule has 0 saturated heterocycles. The van der Waals surface area contributed by atoms with Crippen molar-refractivity contribution >= 4 is 5.91 Å². The van der Waals surface area contributed by atoms with Crippen LogP contribution in [0.15, 0.2) is 24.3 Å². The third kappa shape index (κ3) is 5.73. The second kappa shape index (κ2) is 8.00. The lowest BCUT2D eigenvalue weighted by Crippen LogP contribution is -2.48. The molecule has 1 aromatic carbocycles. The molecular weight excluding hydrogens is 266 g/mol. The normalized spacial score (nSPS) is 14.2. The van der Waals surface area contributed by atoms with Gasteiger partial charge in [-0.2, -0.15) is 0 Å². The molecule has 1 amide bonds. The van der Waals surface area contributed by atoms with Gasteiger partial charge in [-0.3, -0.25) is 4.79 Å². The minimum atomic E-state index is -0.579. The second-order valence-electron chi connectivity index (χ2n) is 6.00. The van der Waals surface area contributed by atoms with Crippen LogP contribution in [0.1, 0.15) is 19.4 Å². The first kappa shape index (κ1) is 17.5. The highest BCUT2D eigenvalue weighted by Crippen LogP contribution is 2.11. The average Bonchev–Trinajstić information content (AvgIpc) is 2.40. The Bertz CT molecular complexity index is 435. The molecule has 1 unspecified atom stereocenters. The third-order valence-electron chi connectivity index (χ3n) is 3.65. The van der Waals surface area contributed by atoms with Crippen molar-refractivity contribution < 1.29 is 9.90 Å². The van der Waals surface area contributed by atoms with Crippen molar-refractivity contribution in [2.24, 2.45) is 11.7 Å². The number of carbonyl (C=O) groups excluding carboxylic acids is 1. The molecule has 0 aliphatic carbocycles. The Hall–Kier alpha value is -1.59. The van der Waals surface area contributed by atoms with Crippen LogP contribution in [-0.2, 0) is 11.2 Å². The predicted molar refractivity (Wildman–Crippen MR) is 85.1 cm³/mol. The van der Waals surface area contributed by atoms with E-state index in [4.69, 9.17) is 5.73 Å². The highest BCUT2D eigenvalue weighted by Gasteiger charge is 2.19. The number of hydrogen-bond acceptors (Lipinski definition) is 4. The highest BCUT2D eigenvalue weighted by molar-refractivity contribution is 5.81. The van der Waals surface area contributed by atoms with Gasteiger partial charge in [-0.1, -0.05) is 26.0 Å². The summed E-state index contributed by atoms with van der Waals surface area (Å²) in [6, 6.07) is 6.46. The summed E-state index contributed by atoms with van der Waals surface area (Å²) >= 11 is 0. The minimum absolute atomic E-state index is 0.143. The van der Waals surface area contributed by atoms with E-state index in [1.807, 2.05) is 14.1 Å². The van der Waals surface area contributed by atoms with Crippen LogP contribution in [0.5, 0.6) is 5.75 Å². The number of phenolic OH excluding ortho intramolecular Hbond substituents is 1. The summed E-state index contributed by atoms with van der Waals surface area (Å²) in [5.41, 5.74) is 6.87. The van der Waals surface area contributed by atoms with Crippen molar-refractivity contribution in [2.45, 2.75) is 32.4 Å². The van der Waals surface area contributed by atoms with Crippen LogP contribution in [0, 0.1) is 5.92 Å². The molecule has 0 radical (unpaired) electrons. The summed E-state index contributed by atoms with van der Waals surface area (Å²) in [7, 11) is 4.01. The van der Waals surface area contributed by atoms with Gasteiger partial charge >= 0.3 is 0 Å². The summed E-state index contributed by atoms with van der Waals surface area (Å²) in [4.78, 5) is 14.2. The number of phenols is 1. The topological polar surface area (TPSA) is 78.6 Å². The first-order chi connectivity index (χ1) is 9.81. The number of aromatic hydroxyl groups is 1. The van der Waals surface area contributed by atoms with Gasteiger partial charge in [0.25, 0.3) is 0 Å². The number of nitrogens with one attached hydrogen (secondary N) is 1. The molecule has 0 spiro atoms. The second-order valence-corrected chi connectivity index (χ2v) is 6.00. The lowest BCUT2D eigenvalue weighted by molar-refractivity contribution is -0.122. The van der Waals surface area contributed by atoms with E-state index in [9.17, 15) is 9.90 Å². The fourth-order valence-electron chi connectivity index (χ4n) is 2.33. The Labute approximate surface area is 127 Å². The Balaban J connectivity index is 2.49. The summed E-state index contributed by atoms with van der Waals surface area (Å²) in [5, 5.41) is 12.2. The molecule has 0 bridgehead atoms. The van der Waals surface area contributed by atoms with Crippen molar-refractivity contribution in [1.29, 1.82) is 0 Å². The first-order valence-corrected chi connectivity index (χ1v) is 7.29. The number of benzene rings is 1. The van der Waals surface area contributed by atoms with Crippen molar-refractivity contribution in [2.75, 3.05) is 20.6 Å². The quantitative estimate of drug-likeness (QED) is 0.700. The van der Waals surface area contributed by atoms with E-state index in [1.54, 1.807) is 24.3 Å². The summed E-state index contributed by atoms with van der Waals surface area (Å²) in [5.74, 6) is 0.520. The molecule has 0 aliphatic heterocycles. The van der Waals surface area contributed by atoms with E-state index in [1.165, 1.54) is 0 Å². The molecule has 5 heteroatoms. The van der Waals surface area contributed by atoms with E-state index in [0.717, 1.165) is 5.56 Å². The lowest BCUT2D eigenvalue weighted by atomic mass is 10.0. The van der Waals surface area contributed by atoms with Gasteiger partial charge in [-0.15, -0.1) is 0 Å². The molecule has 0 aliphatic rings. The maximum Gasteiger partial charge on any atom is 0.237 e. The number of hydrogen-bond donors (Lipinski definition) is 3. The zero-order valence-electron chi connectivity index (χ0n) is 13.3. The summed E-state index contributed by atoms with van der Waals surface area (Å²) in [6.45, 7) is 4.85. The fourth-order valence-corrected chi connectivity index (χ4v) is 2.33. The Kier molecular flexibility index (Phi) is 6.65. The number of rotatable bonds is 7. The van der Waals surface area contributed by atoms with Crippen LogP contribution in [0.25, 0.3) is 0 Å². The van der Waals surface area contributed by atoms with Gasteiger partial charge in [0, 0.05) is 12.6 Å². The lowest BCUT2D eigenvalue weighted by Gasteiger charge is -2.28. The monoisotopic (exact) mass is 293 g/mol. The van der Waals surface area contributed by atoms with Crippen LogP contribution < -0.4 is 11.1 Å². The molecule has 5 nitrogen and oxygen atoms in total. The van der Waals surface area contributed by atoms with Crippen molar-refractivity contribution in [3.63, 3.8) is 0 Å². The molecule has 4 N–H and O–H groups in total. The zero-order valence-corrected chi connectivity index (χ0v) is 13.3. The Morgan fingerprint density at radius 2 is 1.86 bits per heavy atom. The maximum atomic E-state index is 12.1. The molecule has 0 fully saturated rings. The summed E-state index contributed by atoms with van der Waals surface area (Å²) in [6.07, 6.45) is 0.459. The number of nitrogens with zero attached hydrogens (tertiary/aromatic N) is 1. The van der Waals surface area contributed by atoms with Crippen LogP contribution >= 0.6 is 0 Å². The number of likely N-dealkylation sites (N-methyl/N-ethyl adjacent to an activating group) is 1. The Morgan fingerprint density at radius 3 is 2.33 bits per heavy atom. The van der Waals surface area contributed by atoms with Gasteiger partial charge in [0.1, 0.15) is 5.75 Å². The number of amides is 1. The predicted octanol–water partition coefficient (Wildman–Crippen LogP) is 0.964. The maximum absolute atomic E-state index is 12.1. The van der Waals surface area contributed by atoms with Crippen LogP contribution in [0.4, 0.5) is 0 Å². The molecule has 0 aromatic heterocycles. The molecule has 21 heavy (non-hydrogen) atoms. The molecule has 1 aromatic rings. The van der Waals surface area contributed by atoms with Crippen LogP contribution in [0.3, 0.4) is 0 Å². The van der Waals surface area contributed by atoms with E-state index in [-0.39, 0.29) is 17.7 Å².